The Hall–Kier alpha value is -1.64. The van der Waals surface area contributed by atoms with Gasteiger partial charge in [0.05, 0.1) is 16.6 Å². The van der Waals surface area contributed by atoms with Gasteiger partial charge in [-0.05, 0) is 54.9 Å². The smallest absolute Gasteiger partial charge is 0.342 e. The van der Waals surface area contributed by atoms with E-state index in [1.54, 1.807) is 0 Å². The van der Waals surface area contributed by atoms with Crippen LogP contribution >= 0.6 is 22.9 Å². The Balaban J connectivity index is 1.90. The molecule has 0 aromatic carbocycles. The molecule has 4 nitrogen and oxygen atoms in total. The maximum atomic E-state index is 13.1. The molecule has 1 N–H and O–H groups in total. The number of aromatic nitrogens is 1. The molecule has 1 fully saturated rings. The Kier molecular flexibility index (Phi) is 6.08. The molecular formula is C18H19ClF3N3OS. The largest absolute Gasteiger partial charge is 0.417 e. The number of carbonyl (C=O) groups is 1. The third-order valence-corrected chi connectivity index (χ3v) is 5.89. The van der Waals surface area contributed by atoms with Crippen molar-refractivity contribution < 1.29 is 18.0 Å². The minimum Gasteiger partial charge on any atom is -0.342 e. The summed E-state index contributed by atoms with van der Waals surface area (Å²) >= 11 is 7.36. The number of rotatable bonds is 4. The summed E-state index contributed by atoms with van der Waals surface area (Å²) < 4.78 is 39.2. The normalized spacial score (nSPS) is 19.7. The van der Waals surface area contributed by atoms with Gasteiger partial charge in [-0.15, -0.1) is 0 Å². The van der Waals surface area contributed by atoms with Gasteiger partial charge in [0, 0.05) is 12.2 Å². The van der Waals surface area contributed by atoms with Crippen molar-refractivity contribution in [3.05, 3.63) is 50.9 Å². The van der Waals surface area contributed by atoms with Crippen LogP contribution in [0.4, 0.5) is 13.2 Å². The molecule has 2 aromatic heterocycles. The molecule has 1 amide bonds. The molecule has 2 atom stereocenters. The van der Waals surface area contributed by atoms with E-state index in [0.717, 1.165) is 43.6 Å². The lowest BCUT2D eigenvalue weighted by molar-refractivity contribution is -0.137. The summed E-state index contributed by atoms with van der Waals surface area (Å²) in [6, 6.07) is 2.40. The summed E-state index contributed by atoms with van der Waals surface area (Å²) in [5.41, 5.74) is -0.549. The quantitative estimate of drug-likeness (QED) is 0.779. The first-order valence-electron chi connectivity index (χ1n) is 8.54. The maximum absolute atomic E-state index is 13.1. The molecule has 0 bridgehead atoms. The van der Waals surface area contributed by atoms with Crippen molar-refractivity contribution in [1.29, 1.82) is 0 Å². The molecule has 0 radical (unpaired) electrons. The van der Waals surface area contributed by atoms with E-state index < -0.39 is 28.4 Å². The lowest BCUT2D eigenvalue weighted by Gasteiger charge is -2.38. The molecule has 0 spiro atoms. The second kappa shape index (κ2) is 8.16. The first-order chi connectivity index (χ1) is 12.8. The van der Waals surface area contributed by atoms with E-state index in [2.05, 4.69) is 15.2 Å². The molecular weight excluding hydrogens is 399 g/mol. The Morgan fingerprint density at radius 1 is 1.41 bits per heavy atom. The fraction of sp³-hybridized carbons (Fsp3) is 0.444. The topological polar surface area (TPSA) is 45.2 Å². The summed E-state index contributed by atoms with van der Waals surface area (Å²) in [6.45, 7) is 0.906. The van der Waals surface area contributed by atoms with Gasteiger partial charge < -0.3 is 10.2 Å². The van der Waals surface area contributed by atoms with Crippen molar-refractivity contribution in [3.8, 4) is 0 Å². The van der Waals surface area contributed by atoms with Crippen LogP contribution in [0, 0.1) is 0 Å². The summed E-state index contributed by atoms with van der Waals surface area (Å²) in [5, 5.41) is 6.04. The summed E-state index contributed by atoms with van der Waals surface area (Å²) in [5.74, 6) is -0.707. The van der Waals surface area contributed by atoms with Crippen LogP contribution in [0.15, 0.2) is 29.1 Å². The first-order valence-corrected chi connectivity index (χ1v) is 9.86. The van der Waals surface area contributed by atoms with Gasteiger partial charge in [0.15, 0.2) is 0 Å². The fourth-order valence-electron chi connectivity index (χ4n) is 3.41. The van der Waals surface area contributed by atoms with Gasteiger partial charge in [-0.2, -0.15) is 24.5 Å². The molecule has 146 valence electrons. The maximum Gasteiger partial charge on any atom is 0.417 e. The van der Waals surface area contributed by atoms with Crippen molar-refractivity contribution in [2.24, 2.45) is 0 Å². The number of hydrogen-bond donors (Lipinski definition) is 1. The molecule has 27 heavy (non-hydrogen) atoms. The van der Waals surface area contributed by atoms with Gasteiger partial charge in [0.2, 0.25) is 0 Å². The van der Waals surface area contributed by atoms with E-state index in [-0.39, 0.29) is 12.1 Å². The van der Waals surface area contributed by atoms with Crippen molar-refractivity contribution in [2.75, 3.05) is 13.6 Å². The lowest BCUT2D eigenvalue weighted by Crippen LogP contribution is -2.47. The van der Waals surface area contributed by atoms with E-state index >= 15 is 0 Å². The standard InChI is InChI=1S/C18H19ClF3N3OS/c1-25-8-3-2-4-13(25)15(11-6-9-27-10-11)24-17(26)16-14(19)12(5-7-23-16)18(20,21)22/h5-7,9-10,13,15H,2-4,8H2,1H3,(H,24,26)/t13-,15+/m1/s1. The van der Waals surface area contributed by atoms with Crippen molar-refractivity contribution >= 4 is 28.8 Å². The summed E-state index contributed by atoms with van der Waals surface area (Å²) in [4.78, 5) is 18.7. The fourth-order valence-corrected chi connectivity index (χ4v) is 4.41. The molecule has 1 aliphatic rings. The van der Waals surface area contributed by atoms with Crippen LogP contribution in [0.1, 0.15) is 46.9 Å². The number of amides is 1. The molecule has 1 saturated heterocycles. The van der Waals surface area contributed by atoms with Crippen molar-refractivity contribution in [3.63, 3.8) is 0 Å². The number of alkyl halides is 3. The van der Waals surface area contributed by atoms with Gasteiger partial charge in [-0.25, -0.2) is 4.98 Å². The van der Waals surface area contributed by atoms with E-state index in [9.17, 15) is 18.0 Å². The number of thiophene rings is 1. The number of nitrogens with one attached hydrogen (secondary N) is 1. The minimum atomic E-state index is -4.65. The molecule has 3 heterocycles. The van der Waals surface area contributed by atoms with Gasteiger partial charge in [0.25, 0.3) is 5.91 Å². The van der Waals surface area contributed by atoms with E-state index in [1.165, 1.54) is 11.3 Å². The Bertz CT molecular complexity index is 798. The Morgan fingerprint density at radius 2 is 2.19 bits per heavy atom. The highest BCUT2D eigenvalue weighted by atomic mass is 35.5. The third kappa shape index (κ3) is 4.44. The zero-order chi connectivity index (χ0) is 19.6. The number of hydrogen-bond acceptors (Lipinski definition) is 4. The second-order valence-electron chi connectivity index (χ2n) is 6.57. The van der Waals surface area contributed by atoms with Crippen LogP contribution < -0.4 is 5.32 Å². The van der Waals surface area contributed by atoms with Crippen LogP contribution in [0.25, 0.3) is 0 Å². The van der Waals surface area contributed by atoms with Gasteiger partial charge in [-0.3, -0.25) is 4.79 Å². The highest BCUT2D eigenvalue weighted by Crippen LogP contribution is 2.36. The highest BCUT2D eigenvalue weighted by Gasteiger charge is 2.36. The number of nitrogens with zero attached hydrogens (tertiary/aromatic N) is 2. The first kappa shape index (κ1) is 20.1. The molecule has 3 rings (SSSR count). The van der Waals surface area contributed by atoms with Crippen molar-refractivity contribution in [2.45, 2.75) is 37.5 Å². The zero-order valence-corrected chi connectivity index (χ0v) is 16.2. The monoisotopic (exact) mass is 417 g/mol. The van der Waals surface area contributed by atoms with Crippen LogP contribution in [-0.4, -0.2) is 35.4 Å². The molecule has 9 heteroatoms. The number of likely N-dealkylation sites (tertiary alicyclic amines) is 1. The Morgan fingerprint density at radius 3 is 2.81 bits per heavy atom. The highest BCUT2D eigenvalue weighted by molar-refractivity contribution is 7.08. The number of likely N-dealkylation sites (N-methyl/N-ethyl adjacent to an activating group) is 1. The molecule has 0 aliphatic carbocycles. The summed E-state index contributed by atoms with van der Waals surface area (Å²) in [6.07, 6.45) is -0.686. The minimum absolute atomic E-state index is 0.0573. The van der Waals surface area contributed by atoms with Gasteiger partial charge in [0.1, 0.15) is 5.69 Å². The number of piperidine rings is 1. The number of carbonyl (C=O) groups excluding carboxylic acids is 1. The van der Waals surface area contributed by atoms with Crippen LogP contribution in [0.2, 0.25) is 5.02 Å². The lowest BCUT2D eigenvalue weighted by atomic mass is 9.92. The second-order valence-corrected chi connectivity index (χ2v) is 7.73. The third-order valence-electron chi connectivity index (χ3n) is 4.81. The molecule has 2 aromatic rings. The average molecular weight is 418 g/mol. The van der Waals surface area contributed by atoms with E-state index in [4.69, 9.17) is 11.6 Å². The molecule has 0 saturated carbocycles. The number of pyridine rings is 1. The number of halogens is 4. The van der Waals surface area contributed by atoms with E-state index in [0.29, 0.717) is 0 Å². The van der Waals surface area contributed by atoms with Gasteiger partial charge >= 0.3 is 6.18 Å². The molecule has 1 aliphatic heterocycles. The van der Waals surface area contributed by atoms with Gasteiger partial charge in [-0.1, -0.05) is 18.0 Å². The van der Waals surface area contributed by atoms with Crippen LogP contribution in [-0.2, 0) is 6.18 Å². The SMILES string of the molecule is CN1CCCC[C@@H]1[C@@H](NC(=O)c1nccc(C(F)(F)F)c1Cl)c1ccsc1. The zero-order valence-electron chi connectivity index (χ0n) is 14.6. The van der Waals surface area contributed by atoms with Crippen LogP contribution in [0.5, 0.6) is 0 Å². The van der Waals surface area contributed by atoms with E-state index in [1.807, 2.05) is 23.9 Å². The van der Waals surface area contributed by atoms with Crippen LogP contribution in [0.3, 0.4) is 0 Å². The summed E-state index contributed by atoms with van der Waals surface area (Å²) in [7, 11) is 1.99. The molecule has 0 unspecified atom stereocenters. The Labute approximate surface area is 164 Å². The predicted molar refractivity (Wildman–Crippen MR) is 99.0 cm³/mol. The van der Waals surface area contributed by atoms with Crippen molar-refractivity contribution in [1.82, 2.24) is 15.2 Å². The average Bonchev–Trinajstić information content (AvgIpc) is 3.14. The predicted octanol–water partition coefficient (Wildman–Crippen LogP) is 4.77.